The van der Waals surface area contributed by atoms with E-state index in [4.69, 9.17) is 5.73 Å². The molecule has 0 aliphatic heterocycles. The van der Waals surface area contributed by atoms with Crippen LogP contribution in [-0.4, -0.2) is 21.4 Å². The first-order valence-electron chi connectivity index (χ1n) is 7.09. The van der Waals surface area contributed by atoms with Crippen LogP contribution in [0.3, 0.4) is 0 Å². The highest BCUT2D eigenvalue weighted by Crippen LogP contribution is 2.43. The number of rotatable bonds is 3. The lowest BCUT2D eigenvalue weighted by atomic mass is 9.67. The molecule has 0 saturated carbocycles. The molecule has 0 bridgehead atoms. The lowest BCUT2D eigenvalue weighted by Gasteiger charge is -2.41. The predicted octanol–water partition coefficient (Wildman–Crippen LogP) is 1.59. The van der Waals surface area contributed by atoms with E-state index in [9.17, 15) is 5.11 Å². The smallest absolute Gasteiger partial charge is 0.103 e. The molecule has 3 N–H and O–H groups in total. The van der Waals surface area contributed by atoms with Gasteiger partial charge in [-0.3, -0.25) is 4.68 Å². The SMILES string of the molecule is Cn1nccc1C(O)C1(CN)CCc2ccccc2C1. The second-order valence-corrected chi connectivity index (χ2v) is 5.79. The van der Waals surface area contributed by atoms with E-state index < -0.39 is 6.10 Å². The van der Waals surface area contributed by atoms with E-state index in [-0.39, 0.29) is 5.41 Å². The van der Waals surface area contributed by atoms with Crippen molar-refractivity contribution in [2.45, 2.75) is 25.4 Å². The predicted molar refractivity (Wildman–Crippen MR) is 78.1 cm³/mol. The van der Waals surface area contributed by atoms with Gasteiger partial charge in [0.25, 0.3) is 0 Å². The molecule has 0 amide bonds. The molecule has 4 nitrogen and oxygen atoms in total. The molecule has 0 fully saturated rings. The van der Waals surface area contributed by atoms with E-state index in [1.807, 2.05) is 13.1 Å². The Bertz CT molecular complexity index is 607. The van der Waals surface area contributed by atoms with Gasteiger partial charge in [0, 0.05) is 25.2 Å². The lowest BCUT2D eigenvalue weighted by Crippen LogP contribution is -2.42. The summed E-state index contributed by atoms with van der Waals surface area (Å²) in [4.78, 5) is 0. The minimum Gasteiger partial charge on any atom is -0.386 e. The molecular formula is C16H21N3O. The van der Waals surface area contributed by atoms with Crippen LogP contribution in [0.1, 0.15) is 29.3 Å². The van der Waals surface area contributed by atoms with Gasteiger partial charge in [0.1, 0.15) is 6.10 Å². The molecule has 2 unspecified atom stereocenters. The minimum absolute atomic E-state index is 0.290. The quantitative estimate of drug-likeness (QED) is 0.891. The minimum atomic E-state index is -0.576. The summed E-state index contributed by atoms with van der Waals surface area (Å²) in [5.41, 5.74) is 9.31. The summed E-state index contributed by atoms with van der Waals surface area (Å²) >= 11 is 0. The Morgan fingerprint density at radius 3 is 2.75 bits per heavy atom. The maximum atomic E-state index is 10.9. The van der Waals surface area contributed by atoms with Crippen LogP contribution in [0.4, 0.5) is 0 Å². The Morgan fingerprint density at radius 2 is 2.10 bits per heavy atom. The average molecular weight is 271 g/mol. The monoisotopic (exact) mass is 271 g/mol. The van der Waals surface area contributed by atoms with Gasteiger partial charge in [-0.05, 0) is 36.5 Å². The molecule has 2 aromatic rings. The van der Waals surface area contributed by atoms with E-state index >= 15 is 0 Å². The number of hydrogen-bond donors (Lipinski definition) is 2. The second kappa shape index (κ2) is 5.04. The number of aromatic nitrogens is 2. The zero-order chi connectivity index (χ0) is 14.2. The molecule has 1 heterocycles. The standard InChI is InChI=1S/C16H21N3O/c1-19-14(7-9-18-19)15(20)16(11-17)8-6-12-4-2-3-5-13(12)10-16/h2-5,7,9,15,20H,6,8,10-11,17H2,1H3. The third kappa shape index (κ3) is 2.05. The van der Waals surface area contributed by atoms with E-state index in [2.05, 4.69) is 29.4 Å². The summed E-state index contributed by atoms with van der Waals surface area (Å²) in [5, 5.41) is 15.0. The molecule has 0 spiro atoms. The fraction of sp³-hybridized carbons (Fsp3) is 0.438. The van der Waals surface area contributed by atoms with E-state index in [1.54, 1.807) is 10.9 Å². The zero-order valence-corrected chi connectivity index (χ0v) is 11.8. The fourth-order valence-electron chi connectivity index (χ4n) is 3.31. The third-order valence-electron chi connectivity index (χ3n) is 4.68. The number of nitrogens with zero attached hydrogens (tertiary/aromatic N) is 2. The highest BCUT2D eigenvalue weighted by Gasteiger charge is 2.41. The average Bonchev–Trinajstić information content (AvgIpc) is 2.92. The van der Waals surface area contributed by atoms with E-state index in [0.717, 1.165) is 25.0 Å². The van der Waals surface area contributed by atoms with Crippen molar-refractivity contribution in [2.24, 2.45) is 18.2 Å². The van der Waals surface area contributed by atoms with Gasteiger partial charge in [0.15, 0.2) is 0 Å². The zero-order valence-electron chi connectivity index (χ0n) is 11.8. The van der Waals surface area contributed by atoms with Gasteiger partial charge in [-0.15, -0.1) is 0 Å². The highest BCUT2D eigenvalue weighted by molar-refractivity contribution is 5.32. The van der Waals surface area contributed by atoms with Gasteiger partial charge in [-0.25, -0.2) is 0 Å². The maximum Gasteiger partial charge on any atom is 0.103 e. The van der Waals surface area contributed by atoms with Crippen molar-refractivity contribution in [3.63, 3.8) is 0 Å². The van der Waals surface area contributed by atoms with Crippen molar-refractivity contribution in [3.8, 4) is 0 Å². The molecule has 2 atom stereocenters. The van der Waals surface area contributed by atoms with Crippen LogP contribution in [0.25, 0.3) is 0 Å². The van der Waals surface area contributed by atoms with Crippen LogP contribution in [0, 0.1) is 5.41 Å². The molecule has 0 saturated heterocycles. The number of aryl methyl sites for hydroxylation is 2. The lowest BCUT2D eigenvalue weighted by molar-refractivity contribution is 0.0120. The molecule has 1 aliphatic rings. The number of benzene rings is 1. The van der Waals surface area contributed by atoms with Crippen molar-refractivity contribution in [1.29, 1.82) is 0 Å². The number of hydrogen-bond acceptors (Lipinski definition) is 3. The van der Waals surface area contributed by atoms with Crippen molar-refractivity contribution in [1.82, 2.24) is 9.78 Å². The Morgan fingerprint density at radius 1 is 1.35 bits per heavy atom. The Kier molecular flexibility index (Phi) is 3.36. The molecule has 3 rings (SSSR count). The first-order valence-corrected chi connectivity index (χ1v) is 7.09. The number of nitrogens with two attached hydrogens (primary N) is 1. The van der Waals surface area contributed by atoms with Crippen molar-refractivity contribution in [3.05, 3.63) is 53.3 Å². The fourth-order valence-corrected chi connectivity index (χ4v) is 3.31. The molecule has 1 aromatic carbocycles. The Labute approximate surface area is 119 Å². The largest absolute Gasteiger partial charge is 0.386 e. The van der Waals surface area contributed by atoms with Crippen LogP contribution in [0.2, 0.25) is 0 Å². The normalized spacial score (nSPS) is 23.4. The van der Waals surface area contributed by atoms with Gasteiger partial charge >= 0.3 is 0 Å². The Hall–Kier alpha value is -1.65. The van der Waals surface area contributed by atoms with E-state index in [1.165, 1.54) is 11.1 Å². The molecule has 1 aliphatic carbocycles. The van der Waals surface area contributed by atoms with Crippen molar-refractivity contribution in [2.75, 3.05) is 6.54 Å². The first kappa shape index (κ1) is 13.3. The van der Waals surface area contributed by atoms with Gasteiger partial charge < -0.3 is 10.8 Å². The van der Waals surface area contributed by atoms with Crippen molar-refractivity contribution >= 4 is 0 Å². The van der Waals surface area contributed by atoms with Gasteiger partial charge in [0.2, 0.25) is 0 Å². The van der Waals surface area contributed by atoms with Crippen LogP contribution in [0.15, 0.2) is 36.5 Å². The van der Waals surface area contributed by atoms with Crippen LogP contribution >= 0.6 is 0 Å². The highest BCUT2D eigenvalue weighted by atomic mass is 16.3. The van der Waals surface area contributed by atoms with Gasteiger partial charge in [-0.2, -0.15) is 5.10 Å². The van der Waals surface area contributed by atoms with Crippen LogP contribution < -0.4 is 5.73 Å². The molecule has 4 heteroatoms. The summed E-state index contributed by atoms with van der Waals surface area (Å²) < 4.78 is 1.74. The molecular weight excluding hydrogens is 250 g/mol. The molecule has 106 valence electrons. The molecule has 0 radical (unpaired) electrons. The molecule has 1 aromatic heterocycles. The summed E-state index contributed by atoms with van der Waals surface area (Å²) in [7, 11) is 1.86. The van der Waals surface area contributed by atoms with Crippen molar-refractivity contribution < 1.29 is 5.11 Å². The van der Waals surface area contributed by atoms with Gasteiger partial charge in [-0.1, -0.05) is 24.3 Å². The topological polar surface area (TPSA) is 64.1 Å². The summed E-state index contributed by atoms with van der Waals surface area (Å²) in [6, 6.07) is 10.3. The number of fused-ring (bicyclic) bond motifs is 1. The van der Waals surface area contributed by atoms with Gasteiger partial charge in [0.05, 0.1) is 5.69 Å². The second-order valence-electron chi connectivity index (χ2n) is 5.79. The van der Waals surface area contributed by atoms with Crippen LogP contribution in [0.5, 0.6) is 0 Å². The summed E-state index contributed by atoms with van der Waals surface area (Å²) in [6.45, 7) is 0.480. The molecule has 20 heavy (non-hydrogen) atoms. The summed E-state index contributed by atoms with van der Waals surface area (Å²) in [5.74, 6) is 0. The number of aliphatic hydroxyl groups is 1. The number of aliphatic hydroxyl groups excluding tert-OH is 1. The third-order valence-corrected chi connectivity index (χ3v) is 4.68. The van der Waals surface area contributed by atoms with E-state index in [0.29, 0.717) is 6.54 Å². The Balaban J connectivity index is 1.96. The van der Waals surface area contributed by atoms with Crippen LogP contribution in [-0.2, 0) is 19.9 Å². The summed E-state index contributed by atoms with van der Waals surface area (Å²) in [6.07, 6.45) is 3.86. The first-order chi connectivity index (χ1) is 9.66. The maximum absolute atomic E-state index is 10.9.